The van der Waals surface area contributed by atoms with Gasteiger partial charge in [0.2, 0.25) is 0 Å². The second-order valence-electron chi connectivity index (χ2n) is 4.16. The third-order valence-corrected chi connectivity index (χ3v) is 3.03. The van der Waals surface area contributed by atoms with Crippen LogP contribution in [-0.4, -0.2) is 29.4 Å². The van der Waals surface area contributed by atoms with Crippen LogP contribution in [0.4, 0.5) is 0 Å². The maximum absolute atomic E-state index is 10.0. The molecule has 15 heavy (non-hydrogen) atoms. The third kappa shape index (κ3) is 2.55. The van der Waals surface area contributed by atoms with Crippen molar-refractivity contribution in [3.05, 3.63) is 29.6 Å². The molecule has 1 N–H and O–H groups in total. The fraction of sp³-hybridized carbons (Fsp3) is 0.583. The predicted octanol–water partition coefficient (Wildman–Crippen LogP) is 1.33. The van der Waals surface area contributed by atoms with Crippen molar-refractivity contribution >= 4 is 0 Å². The number of nitrogens with zero attached hydrogens (tertiary/aromatic N) is 1. The van der Waals surface area contributed by atoms with E-state index in [9.17, 15) is 5.11 Å². The van der Waals surface area contributed by atoms with Crippen LogP contribution >= 0.6 is 0 Å². The average molecular weight is 207 g/mol. The Morgan fingerprint density at radius 3 is 3.20 bits per heavy atom. The van der Waals surface area contributed by atoms with Crippen molar-refractivity contribution in [2.45, 2.75) is 25.9 Å². The number of hydrogen-bond donors (Lipinski definition) is 1. The lowest BCUT2D eigenvalue weighted by atomic mass is 9.96. The normalized spacial score (nSPS) is 22.9. The molecule has 0 saturated carbocycles. The summed E-state index contributed by atoms with van der Waals surface area (Å²) in [7, 11) is 0. The molecule has 2 heterocycles. The van der Waals surface area contributed by atoms with Gasteiger partial charge in [-0.1, -0.05) is 6.07 Å². The van der Waals surface area contributed by atoms with Crippen molar-refractivity contribution in [2.75, 3.05) is 13.2 Å². The van der Waals surface area contributed by atoms with Gasteiger partial charge in [-0.3, -0.25) is 4.98 Å². The average Bonchev–Trinajstić information content (AvgIpc) is 2.74. The molecule has 0 amide bonds. The van der Waals surface area contributed by atoms with Crippen molar-refractivity contribution in [1.29, 1.82) is 0 Å². The second kappa shape index (κ2) is 4.73. The van der Waals surface area contributed by atoms with Crippen LogP contribution in [0.1, 0.15) is 17.7 Å². The van der Waals surface area contributed by atoms with Gasteiger partial charge in [-0.2, -0.15) is 0 Å². The Balaban J connectivity index is 1.99. The summed E-state index contributed by atoms with van der Waals surface area (Å²) in [4.78, 5) is 4.29. The van der Waals surface area contributed by atoms with Gasteiger partial charge in [-0.15, -0.1) is 0 Å². The Morgan fingerprint density at radius 1 is 1.67 bits per heavy atom. The number of aromatic nitrogens is 1. The lowest BCUT2D eigenvalue weighted by Gasteiger charge is -2.16. The van der Waals surface area contributed by atoms with E-state index in [1.807, 2.05) is 19.1 Å². The van der Waals surface area contributed by atoms with Gasteiger partial charge in [0.15, 0.2) is 0 Å². The lowest BCUT2D eigenvalue weighted by molar-refractivity contribution is 0.0910. The van der Waals surface area contributed by atoms with Crippen LogP contribution in [0.5, 0.6) is 0 Å². The molecule has 1 aromatic rings. The van der Waals surface area contributed by atoms with Gasteiger partial charge < -0.3 is 9.84 Å². The molecule has 1 aliphatic heterocycles. The molecule has 0 spiro atoms. The molecule has 82 valence electrons. The highest BCUT2D eigenvalue weighted by atomic mass is 16.5. The first-order valence-electron chi connectivity index (χ1n) is 5.43. The summed E-state index contributed by atoms with van der Waals surface area (Å²) < 4.78 is 5.27. The zero-order chi connectivity index (χ0) is 10.7. The van der Waals surface area contributed by atoms with Gasteiger partial charge in [0, 0.05) is 30.8 Å². The van der Waals surface area contributed by atoms with E-state index >= 15 is 0 Å². The molecule has 1 aromatic heterocycles. The molecule has 0 aromatic carbocycles. The van der Waals surface area contributed by atoms with E-state index in [-0.39, 0.29) is 12.0 Å². The highest BCUT2D eigenvalue weighted by Gasteiger charge is 2.24. The van der Waals surface area contributed by atoms with E-state index in [2.05, 4.69) is 4.98 Å². The van der Waals surface area contributed by atoms with Crippen LogP contribution < -0.4 is 0 Å². The van der Waals surface area contributed by atoms with E-state index in [0.29, 0.717) is 13.0 Å². The summed E-state index contributed by atoms with van der Waals surface area (Å²) in [5, 5.41) is 10.0. The molecule has 0 bridgehead atoms. The predicted molar refractivity (Wildman–Crippen MR) is 57.6 cm³/mol. The molecule has 3 nitrogen and oxygen atoms in total. The van der Waals surface area contributed by atoms with E-state index in [1.165, 1.54) is 0 Å². The molecule has 3 heteroatoms. The highest BCUT2D eigenvalue weighted by molar-refractivity contribution is 5.18. The van der Waals surface area contributed by atoms with E-state index in [1.54, 1.807) is 6.20 Å². The van der Waals surface area contributed by atoms with E-state index in [4.69, 9.17) is 4.74 Å². The van der Waals surface area contributed by atoms with Crippen LogP contribution in [0.15, 0.2) is 18.3 Å². The van der Waals surface area contributed by atoms with E-state index in [0.717, 1.165) is 24.3 Å². The Morgan fingerprint density at radius 2 is 2.53 bits per heavy atom. The zero-order valence-corrected chi connectivity index (χ0v) is 9.02. The Hall–Kier alpha value is -0.930. The minimum atomic E-state index is -0.318. The smallest absolute Gasteiger partial charge is 0.0646 e. The van der Waals surface area contributed by atoms with Crippen molar-refractivity contribution in [3.63, 3.8) is 0 Å². The first-order valence-corrected chi connectivity index (χ1v) is 5.43. The summed E-state index contributed by atoms with van der Waals surface area (Å²) in [6.45, 7) is 3.50. The number of rotatable bonds is 3. The second-order valence-corrected chi connectivity index (χ2v) is 4.16. The largest absolute Gasteiger partial charge is 0.392 e. The van der Waals surface area contributed by atoms with Crippen LogP contribution in [0.25, 0.3) is 0 Å². The highest BCUT2D eigenvalue weighted by Crippen LogP contribution is 2.20. The summed E-state index contributed by atoms with van der Waals surface area (Å²) >= 11 is 0. The summed E-state index contributed by atoms with van der Waals surface area (Å²) in [5.41, 5.74) is 2.15. The number of aliphatic hydroxyl groups is 1. The van der Waals surface area contributed by atoms with Crippen molar-refractivity contribution in [2.24, 2.45) is 5.92 Å². The number of hydrogen-bond acceptors (Lipinski definition) is 3. The number of pyridine rings is 1. The van der Waals surface area contributed by atoms with Gasteiger partial charge in [0.1, 0.15) is 0 Å². The SMILES string of the molecule is Cc1cccnc1CC(O)C1CCOC1. The maximum atomic E-state index is 10.0. The molecular weight excluding hydrogens is 190 g/mol. The monoisotopic (exact) mass is 207 g/mol. The van der Waals surface area contributed by atoms with Crippen molar-refractivity contribution in [1.82, 2.24) is 4.98 Å². The van der Waals surface area contributed by atoms with Gasteiger partial charge in [-0.25, -0.2) is 0 Å². The Bertz CT molecular complexity index is 321. The third-order valence-electron chi connectivity index (χ3n) is 3.03. The molecule has 1 saturated heterocycles. The molecule has 0 aliphatic carbocycles. The van der Waals surface area contributed by atoms with Crippen LogP contribution in [-0.2, 0) is 11.2 Å². The van der Waals surface area contributed by atoms with E-state index < -0.39 is 0 Å². The zero-order valence-electron chi connectivity index (χ0n) is 9.02. The molecule has 2 rings (SSSR count). The number of ether oxygens (including phenoxy) is 1. The molecule has 0 radical (unpaired) electrons. The fourth-order valence-corrected chi connectivity index (χ4v) is 1.95. The van der Waals surface area contributed by atoms with Crippen LogP contribution in [0.3, 0.4) is 0 Å². The summed E-state index contributed by atoms with van der Waals surface area (Å²) in [6.07, 6.45) is 3.06. The maximum Gasteiger partial charge on any atom is 0.0646 e. The quantitative estimate of drug-likeness (QED) is 0.813. The first-order chi connectivity index (χ1) is 7.27. The molecular formula is C12H17NO2. The van der Waals surface area contributed by atoms with Crippen LogP contribution in [0, 0.1) is 12.8 Å². The Labute approximate surface area is 90.1 Å². The first kappa shape index (κ1) is 10.6. The minimum absolute atomic E-state index is 0.284. The Kier molecular flexibility index (Phi) is 3.34. The number of aryl methyl sites for hydroxylation is 1. The summed E-state index contributed by atoms with van der Waals surface area (Å²) in [6, 6.07) is 3.95. The topological polar surface area (TPSA) is 42.4 Å². The van der Waals surface area contributed by atoms with Gasteiger partial charge in [0.05, 0.1) is 12.7 Å². The molecule has 1 fully saturated rings. The molecule has 1 aliphatic rings. The van der Waals surface area contributed by atoms with Gasteiger partial charge in [-0.05, 0) is 25.0 Å². The van der Waals surface area contributed by atoms with Crippen molar-refractivity contribution in [3.8, 4) is 0 Å². The van der Waals surface area contributed by atoms with Crippen molar-refractivity contribution < 1.29 is 9.84 Å². The molecule has 2 atom stereocenters. The minimum Gasteiger partial charge on any atom is -0.392 e. The lowest BCUT2D eigenvalue weighted by Crippen LogP contribution is -2.23. The van der Waals surface area contributed by atoms with Crippen LogP contribution in [0.2, 0.25) is 0 Å². The number of aliphatic hydroxyl groups excluding tert-OH is 1. The van der Waals surface area contributed by atoms with Gasteiger partial charge in [0.25, 0.3) is 0 Å². The van der Waals surface area contributed by atoms with Gasteiger partial charge >= 0.3 is 0 Å². The summed E-state index contributed by atoms with van der Waals surface area (Å²) in [5.74, 6) is 0.284. The standard InChI is InChI=1S/C12H17NO2/c1-9-3-2-5-13-11(9)7-12(14)10-4-6-15-8-10/h2-3,5,10,12,14H,4,6-8H2,1H3. The fourth-order valence-electron chi connectivity index (χ4n) is 1.95. The molecule has 2 unspecified atom stereocenters.